The molecule has 0 aromatic carbocycles. The van der Waals surface area contributed by atoms with Crippen molar-refractivity contribution < 1.29 is 4.43 Å². The van der Waals surface area contributed by atoms with Crippen LogP contribution in [-0.4, -0.2) is 38.5 Å². The van der Waals surface area contributed by atoms with E-state index in [9.17, 15) is 4.79 Å². The van der Waals surface area contributed by atoms with Crippen molar-refractivity contribution in [2.45, 2.75) is 103 Å². The van der Waals surface area contributed by atoms with Crippen LogP contribution < -0.4 is 5.69 Å². The van der Waals surface area contributed by atoms with Crippen LogP contribution in [0.1, 0.15) is 72.1 Å². The molecule has 0 bridgehead atoms. The van der Waals surface area contributed by atoms with E-state index in [0.29, 0.717) is 12.0 Å². The average Bonchev–Trinajstić information content (AvgIpc) is 3.51. The minimum atomic E-state index is -1.78. The van der Waals surface area contributed by atoms with Gasteiger partial charge in [0.05, 0.1) is 5.52 Å². The number of allylic oxidation sites excluding steroid dienone is 2. The zero-order chi connectivity index (χ0) is 28.1. The number of aromatic nitrogens is 5. The number of H-pyrrole nitrogens is 1. The van der Waals surface area contributed by atoms with Gasteiger partial charge in [0.2, 0.25) is 0 Å². The van der Waals surface area contributed by atoms with Crippen molar-refractivity contribution in [2.75, 3.05) is 0 Å². The van der Waals surface area contributed by atoms with Gasteiger partial charge in [0, 0.05) is 53.4 Å². The monoisotopic (exact) mass is 557 g/mol. The Morgan fingerprint density at radius 2 is 1.80 bits per heavy atom. The summed E-state index contributed by atoms with van der Waals surface area (Å²) in [6, 6.07) is 6.31. The SMILES string of the molecule is CC(C)(C)[Si](C)(C)O[C@H]1CC[C@H](Cn2c(=O)n(C3=CCCCC3)c3ncc(-c4cnc5[nH]ccc5c4)cc32)CC1. The first-order chi connectivity index (χ1) is 19.1. The molecular weight excluding hydrogens is 514 g/mol. The summed E-state index contributed by atoms with van der Waals surface area (Å²) in [4.78, 5) is 26.7. The summed E-state index contributed by atoms with van der Waals surface area (Å²) < 4.78 is 10.6. The van der Waals surface area contributed by atoms with Crippen molar-refractivity contribution in [3.63, 3.8) is 0 Å². The number of aromatic amines is 1. The summed E-state index contributed by atoms with van der Waals surface area (Å²) in [6.45, 7) is 12.3. The first-order valence-electron chi connectivity index (χ1n) is 15.0. The molecule has 0 amide bonds. The molecule has 1 fully saturated rings. The summed E-state index contributed by atoms with van der Waals surface area (Å²) >= 11 is 0. The average molecular weight is 558 g/mol. The number of nitrogens with zero attached hydrogens (tertiary/aromatic N) is 4. The first-order valence-corrected chi connectivity index (χ1v) is 17.9. The molecule has 1 saturated carbocycles. The lowest BCUT2D eigenvalue weighted by Gasteiger charge is -2.41. The zero-order valence-corrected chi connectivity index (χ0v) is 25.7. The second-order valence-corrected chi connectivity index (χ2v) is 18.2. The van der Waals surface area contributed by atoms with E-state index < -0.39 is 8.32 Å². The van der Waals surface area contributed by atoms with Gasteiger partial charge in [-0.2, -0.15) is 0 Å². The molecule has 4 heterocycles. The molecule has 40 heavy (non-hydrogen) atoms. The van der Waals surface area contributed by atoms with Gasteiger partial charge >= 0.3 is 5.69 Å². The predicted molar refractivity (Wildman–Crippen MR) is 166 cm³/mol. The van der Waals surface area contributed by atoms with Crippen LogP contribution in [0.25, 0.3) is 39.0 Å². The number of nitrogens with one attached hydrogen (secondary N) is 1. The molecule has 4 aromatic heterocycles. The fourth-order valence-electron chi connectivity index (χ4n) is 6.13. The Bertz CT molecular complexity index is 1610. The van der Waals surface area contributed by atoms with Crippen LogP contribution in [0.4, 0.5) is 0 Å². The van der Waals surface area contributed by atoms with E-state index in [2.05, 4.69) is 62.0 Å². The first kappa shape index (κ1) is 27.2. The van der Waals surface area contributed by atoms with Crippen molar-refractivity contribution in [3.05, 3.63) is 53.3 Å². The molecule has 4 aromatic rings. The lowest BCUT2D eigenvalue weighted by molar-refractivity contribution is 0.112. The molecular formula is C32H43N5O2Si. The molecule has 7 nitrogen and oxygen atoms in total. The van der Waals surface area contributed by atoms with Crippen LogP contribution in [0.15, 0.2) is 47.7 Å². The Hall–Kier alpha value is -2.97. The molecule has 0 atom stereocenters. The molecule has 6 rings (SSSR count). The molecule has 0 aliphatic heterocycles. The fourth-order valence-corrected chi connectivity index (χ4v) is 7.55. The minimum Gasteiger partial charge on any atom is -0.414 e. The van der Waals surface area contributed by atoms with Gasteiger partial charge in [0.1, 0.15) is 5.65 Å². The van der Waals surface area contributed by atoms with Crippen molar-refractivity contribution in [1.29, 1.82) is 0 Å². The summed E-state index contributed by atoms with van der Waals surface area (Å²) in [6.07, 6.45) is 16.8. The van der Waals surface area contributed by atoms with Crippen molar-refractivity contribution in [1.82, 2.24) is 24.1 Å². The van der Waals surface area contributed by atoms with E-state index in [4.69, 9.17) is 9.41 Å². The lowest BCUT2D eigenvalue weighted by Crippen LogP contribution is -2.44. The summed E-state index contributed by atoms with van der Waals surface area (Å²) in [5.74, 6) is 0.456. The van der Waals surface area contributed by atoms with Crippen molar-refractivity contribution >= 4 is 36.2 Å². The standard InChI is InChI=1S/C32H43N5O2Si/c1-32(2,3)40(4,5)39-27-13-11-22(12-14-27)21-36-28-18-25(24-17-23-15-16-33-29(23)34-19-24)20-35-30(28)37(31(36)38)26-9-7-6-8-10-26/h9,15-20,22,27H,6-8,10-14,21H2,1-5H3,(H,33,34)/t22-,27-. The summed E-state index contributed by atoms with van der Waals surface area (Å²) in [5, 5.41) is 1.29. The second-order valence-electron chi connectivity index (χ2n) is 13.4. The Morgan fingerprint density at radius 3 is 2.52 bits per heavy atom. The summed E-state index contributed by atoms with van der Waals surface area (Å²) in [7, 11) is -1.78. The largest absolute Gasteiger partial charge is 0.414 e. The van der Waals surface area contributed by atoms with Gasteiger partial charge in [0.15, 0.2) is 14.0 Å². The van der Waals surface area contributed by atoms with E-state index in [-0.39, 0.29) is 10.7 Å². The smallest absolute Gasteiger partial charge is 0.334 e. The highest BCUT2D eigenvalue weighted by Gasteiger charge is 2.40. The fraction of sp³-hybridized carbons (Fsp3) is 0.531. The van der Waals surface area contributed by atoms with E-state index in [1.54, 1.807) is 0 Å². The van der Waals surface area contributed by atoms with Crippen LogP contribution in [0.5, 0.6) is 0 Å². The topological polar surface area (TPSA) is 77.7 Å². The molecule has 2 aliphatic carbocycles. The Kier molecular flexibility index (Phi) is 7.11. The molecule has 212 valence electrons. The number of imidazole rings is 1. The molecule has 0 saturated heterocycles. The van der Waals surface area contributed by atoms with Gasteiger partial charge in [-0.05, 0) is 93.6 Å². The number of pyridine rings is 2. The summed E-state index contributed by atoms with van der Waals surface area (Å²) in [5.41, 5.74) is 5.70. The highest BCUT2D eigenvalue weighted by molar-refractivity contribution is 6.74. The molecule has 8 heteroatoms. The molecule has 0 radical (unpaired) electrons. The van der Waals surface area contributed by atoms with Crippen LogP contribution in [0.3, 0.4) is 0 Å². The van der Waals surface area contributed by atoms with Crippen LogP contribution >= 0.6 is 0 Å². The van der Waals surface area contributed by atoms with Gasteiger partial charge in [-0.25, -0.2) is 19.3 Å². The molecule has 2 aliphatic rings. The predicted octanol–water partition coefficient (Wildman–Crippen LogP) is 7.74. The maximum Gasteiger partial charge on any atom is 0.334 e. The van der Waals surface area contributed by atoms with Crippen LogP contribution in [0, 0.1) is 5.92 Å². The molecule has 0 unspecified atom stereocenters. The Balaban J connectivity index is 1.31. The van der Waals surface area contributed by atoms with Gasteiger partial charge in [-0.15, -0.1) is 0 Å². The lowest BCUT2D eigenvalue weighted by atomic mass is 9.87. The number of hydrogen-bond donors (Lipinski definition) is 1. The zero-order valence-electron chi connectivity index (χ0n) is 24.7. The highest BCUT2D eigenvalue weighted by atomic mass is 28.4. The maximum atomic E-state index is 14.0. The third-order valence-corrected chi connectivity index (χ3v) is 14.1. The van der Waals surface area contributed by atoms with Crippen LogP contribution in [-0.2, 0) is 11.0 Å². The highest BCUT2D eigenvalue weighted by Crippen LogP contribution is 2.40. The van der Waals surface area contributed by atoms with Gasteiger partial charge < -0.3 is 9.41 Å². The number of fused-ring (bicyclic) bond motifs is 2. The Labute approximate surface area is 237 Å². The quantitative estimate of drug-likeness (QED) is 0.246. The van der Waals surface area contributed by atoms with Gasteiger partial charge in [0.25, 0.3) is 0 Å². The van der Waals surface area contributed by atoms with Gasteiger partial charge in [-0.1, -0.05) is 26.8 Å². The Morgan fingerprint density at radius 1 is 1.05 bits per heavy atom. The third-order valence-electron chi connectivity index (χ3n) is 9.56. The van der Waals surface area contributed by atoms with E-state index in [1.165, 1.54) is 6.42 Å². The number of hydrogen-bond acceptors (Lipinski definition) is 4. The normalized spacial score (nSPS) is 20.8. The maximum absolute atomic E-state index is 14.0. The van der Waals surface area contributed by atoms with Crippen molar-refractivity contribution in [3.8, 4) is 11.1 Å². The van der Waals surface area contributed by atoms with E-state index >= 15 is 0 Å². The third kappa shape index (κ3) is 5.12. The van der Waals surface area contributed by atoms with Crippen molar-refractivity contribution in [2.24, 2.45) is 5.92 Å². The number of rotatable bonds is 6. The van der Waals surface area contributed by atoms with Gasteiger partial charge in [-0.3, -0.25) is 4.57 Å². The van der Waals surface area contributed by atoms with E-state index in [0.717, 1.165) is 90.5 Å². The second kappa shape index (κ2) is 10.5. The van der Waals surface area contributed by atoms with E-state index in [1.807, 2.05) is 33.8 Å². The molecule has 1 N–H and O–H groups in total. The molecule has 0 spiro atoms. The minimum absolute atomic E-state index is 0.0478. The van der Waals surface area contributed by atoms with Crippen LogP contribution in [0.2, 0.25) is 18.1 Å².